The largest absolute Gasteiger partial charge is 0.335 e. The second-order valence-electron chi connectivity index (χ2n) is 6.95. The molecule has 1 aromatic heterocycles. The number of nitrogens with zero attached hydrogens (tertiary/aromatic N) is 3. The van der Waals surface area contributed by atoms with Crippen molar-refractivity contribution in [2.45, 2.75) is 24.4 Å². The Labute approximate surface area is 139 Å². The van der Waals surface area contributed by atoms with E-state index >= 15 is 0 Å². The molecule has 0 saturated carbocycles. The maximum atomic E-state index is 13.8. The summed E-state index contributed by atoms with van der Waals surface area (Å²) in [7, 11) is 3.75. The Kier molecular flexibility index (Phi) is 4.44. The molecule has 0 aliphatic carbocycles. The molecule has 8 heteroatoms. The SMILES string of the molecule is CN(C)C[C@@H]1CC(F)(F)CN1C1CN(C(=O)c2ccc(=O)[nH]c2)C1. The van der Waals surface area contributed by atoms with E-state index in [1.807, 2.05) is 23.9 Å². The van der Waals surface area contributed by atoms with Gasteiger partial charge in [-0.1, -0.05) is 0 Å². The number of H-pyrrole nitrogens is 1. The van der Waals surface area contributed by atoms with Crippen LogP contribution in [0.1, 0.15) is 16.8 Å². The lowest BCUT2D eigenvalue weighted by Gasteiger charge is -2.46. The van der Waals surface area contributed by atoms with Crippen molar-refractivity contribution in [1.29, 1.82) is 0 Å². The summed E-state index contributed by atoms with van der Waals surface area (Å²) in [6.45, 7) is 1.23. The summed E-state index contributed by atoms with van der Waals surface area (Å²) in [6, 6.07) is 2.56. The highest BCUT2D eigenvalue weighted by Gasteiger charge is 2.50. The topological polar surface area (TPSA) is 59.6 Å². The standard InChI is InChI=1S/C16H22F2N4O2/c1-20(2)7-12-5-16(17,18)10-22(12)13-8-21(9-13)15(24)11-3-4-14(23)19-6-11/h3-4,6,12-13H,5,7-10H2,1-2H3,(H,19,23)/t12-/m0/s1. The minimum Gasteiger partial charge on any atom is -0.335 e. The molecular formula is C16H22F2N4O2. The van der Waals surface area contributed by atoms with E-state index in [9.17, 15) is 18.4 Å². The highest BCUT2D eigenvalue weighted by Crippen LogP contribution is 2.35. The Morgan fingerprint density at radius 2 is 2.08 bits per heavy atom. The molecule has 1 amide bonds. The van der Waals surface area contributed by atoms with Crippen LogP contribution < -0.4 is 5.56 Å². The van der Waals surface area contributed by atoms with Crippen LogP contribution in [0.3, 0.4) is 0 Å². The molecule has 132 valence electrons. The number of hydrogen-bond acceptors (Lipinski definition) is 4. The quantitative estimate of drug-likeness (QED) is 0.866. The van der Waals surface area contributed by atoms with Crippen molar-refractivity contribution in [2.24, 2.45) is 0 Å². The summed E-state index contributed by atoms with van der Waals surface area (Å²) in [5.74, 6) is -2.85. The number of halogens is 2. The van der Waals surface area contributed by atoms with Crippen LogP contribution in [0.25, 0.3) is 0 Å². The molecule has 0 radical (unpaired) electrons. The molecule has 2 fully saturated rings. The number of rotatable bonds is 4. The molecule has 0 spiro atoms. The zero-order valence-electron chi connectivity index (χ0n) is 13.8. The van der Waals surface area contributed by atoms with Crippen LogP contribution in [0.5, 0.6) is 0 Å². The van der Waals surface area contributed by atoms with Crippen LogP contribution >= 0.6 is 0 Å². The van der Waals surface area contributed by atoms with Crippen molar-refractivity contribution >= 4 is 5.91 Å². The number of aromatic amines is 1. The average Bonchev–Trinajstić information content (AvgIpc) is 2.71. The second-order valence-corrected chi connectivity index (χ2v) is 6.95. The van der Waals surface area contributed by atoms with Gasteiger partial charge >= 0.3 is 0 Å². The molecule has 0 unspecified atom stereocenters. The van der Waals surface area contributed by atoms with E-state index < -0.39 is 5.92 Å². The summed E-state index contributed by atoms with van der Waals surface area (Å²) in [4.78, 5) is 31.2. The van der Waals surface area contributed by atoms with Gasteiger partial charge in [-0.05, 0) is 20.2 Å². The molecule has 3 rings (SSSR count). The van der Waals surface area contributed by atoms with Crippen LogP contribution in [0, 0.1) is 0 Å². The normalized spacial score (nSPS) is 24.4. The first-order valence-electron chi connectivity index (χ1n) is 8.01. The number of likely N-dealkylation sites (tertiary alicyclic amines) is 2. The molecule has 2 aliphatic rings. The first-order valence-corrected chi connectivity index (χ1v) is 8.01. The van der Waals surface area contributed by atoms with Crippen LogP contribution in [-0.2, 0) is 0 Å². The molecule has 2 aliphatic heterocycles. The Balaban J connectivity index is 1.61. The van der Waals surface area contributed by atoms with E-state index in [1.54, 1.807) is 4.90 Å². The Hall–Kier alpha value is -1.80. The van der Waals surface area contributed by atoms with E-state index in [0.717, 1.165) is 0 Å². The van der Waals surface area contributed by atoms with Gasteiger partial charge in [0.2, 0.25) is 5.56 Å². The number of alkyl halides is 2. The molecular weight excluding hydrogens is 318 g/mol. The third-order valence-corrected chi connectivity index (χ3v) is 4.64. The van der Waals surface area contributed by atoms with Gasteiger partial charge in [0.25, 0.3) is 11.8 Å². The minimum absolute atomic E-state index is 0.0324. The third-order valence-electron chi connectivity index (χ3n) is 4.64. The number of carbonyl (C=O) groups excluding carboxylic acids is 1. The number of nitrogens with one attached hydrogen (secondary N) is 1. The molecule has 1 atom stereocenters. The molecule has 1 aromatic rings. The fourth-order valence-electron chi connectivity index (χ4n) is 3.50. The average molecular weight is 340 g/mol. The Morgan fingerprint density at radius 1 is 1.38 bits per heavy atom. The number of hydrogen-bond donors (Lipinski definition) is 1. The minimum atomic E-state index is -2.66. The maximum Gasteiger partial charge on any atom is 0.262 e. The van der Waals surface area contributed by atoms with E-state index in [1.165, 1.54) is 18.3 Å². The van der Waals surface area contributed by atoms with Crippen LogP contribution in [0.2, 0.25) is 0 Å². The van der Waals surface area contributed by atoms with E-state index in [0.29, 0.717) is 25.2 Å². The molecule has 2 saturated heterocycles. The van der Waals surface area contributed by atoms with Crippen molar-refractivity contribution in [1.82, 2.24) is 19.7 Å². The number of aromatic nitrogens is 1. The first kappa shape index (κ1) is 17.0. The van der Waals surface area contributed by atoms with Gasteiger partial charge in [-0.3, -0.25) is 14.5 Å². The number of amides is 1. The Morgan fingerprint density at radius 3 is 2.67 bits per heavy atom. The van der Waals surface area contributed by atoms with Gasteiger partial charge in [-0.15, -0.1) is 0 Å². The van der Waals surface area contributed by atoms with E-state index in [2.05, 4.69) is 4.98 Å². The fraction of sp³-hybridized carbons (Fsp3) is 0.625. The van der Waals surface area contributed by atoms with Gasteiger partial charge < -0.3 is 14.8 Å². The van der Waals surface area contributed by atoms with Gasteiger partial charge in [0.15, 0.2) is 0 Å². The number of pyridine rings is 1. The van der Waals surface area contributed by atoms with Crippen LogP contribution in [0.15, 0.2) is 23.1 Å². The Bertz CT molecular complexity index is 650. The summed E-state index contributed by atoms with van der Waals surface area (Å²) in [5.41, 5.74) is 0.142. The van der Waals surface area contributed by atoms with Gasteiger partial charge in [0.1, 0.15) is 0 Å². The van der Waals surface area contributed by atoms with Crippen LogP contribution in [-0.4, -0.2) is 83.9 Å². The molecule has 1 N–H and O–H groups in total. The lowest BCUT2D eigenvalue weighted by molar-refractivity contribution is -0.0115. The second kappa shape index (κ2) is 6.25. The molecule has 0 aromatic carbocycles. The van der Waals surface area contributed by atoms with Crippen molar-refractivity contribution in [3.8, 4) is 0 Å². The van der Waals surface area contributed by atoms with Crippen molar-refractivity contribution < 1.29 is 13.6 Å². The highest BCUT2D eigenvalue weighted by atomic mass is 19.3. The van der Waals surface area contributed by atoms with E-state index in [4.69, 9.17) is 0 Å². The zero-order chi connectivity index (χ0) is 17.5. The van der Waals surface area contributed by atoms with Gasteiger partial charge in [-0.25, -0.2) is 8.78 Å². The molecule has 0 bridgehead atoms. The smallest absolute Gasteiger partial charge is 0.262 e. The summed E-state index contributed by atoms with van der Waals surface area (Å²) in [6.07, 6.45) is 1.26. The lowest BCUT2D eigenvalue weighted by atomic mass is 10.0. The maximum absolute atomic E-state index is 13.8. The number of likely N-dealkylation sites (N-methyl/N-ethyl adjacent to an activating group) is 1. The van der Waals surface area contributed by atoms with Crippen molar-refractivity contribution in [2.75, 3.05) is 40.3 Å². The third kappa shape index (κ3) is 3.49. The first-order chi connectivity index (χ1) is 11.2. The zero-order valence-corrected chi connectivity index (χ0v) is 13.8. The molecule has 6 nitrogen and oxygen atoms in total. The predicted octanol–water partition coefficient (Wildman–Crippen LogP) is 0.471. The molecule has 24 heavy (non-hydrogen) atoms. The van der Waals surface area contributed by atoms with Crippen LogP contribution in [0.4, 0.5) is 8.78 Å². The molecule has 3 heterocycles. The van der Waals surface area contributed by atoms with E-state index in [-0.39, 0.29) is 36.5 Å². The summed E-state index contributed by atoms with van der Waals surface area (Å²) < 4.78 is 27.6. The number of carbonyl (C=O) groups is 1. The monoisotopic (exact) mass is 340 g/mol. The summed E-state index contributed by atoms with van der Waals surface area (Å²) >= 11 is 0. The van der Waals surface area contributed by atoms with Crippen molar-refractivity contribution in [3.05, 3.63) is 34.2 Å². The highest BCUT2D eigenvalue weighted by molar-refractivity contribution is 5.94. The fourth-order valence-corrected chi connectivity index (χ4v) is 3.50. The predicted molar refractivity (Wildman–Crippen MR) is 85.4 cm³/mol. The van der Waals surface area contributed by atoms with Gasteiger partial charge in [-0.2, -0.15) is 0 Å². The lowest BCUT2D eigenvalue weighted by Crippen LogP contribution is -2.63. The van der Waals surface area contributed by atoms with Gasteiger partial charge in [0, 0.05) is 50.4 Å². The van der Waals surface area contributed by atoms with Gasteiger partial charge in [0.05, 0.1) is 12.1 Å². The van der Waals surface area contributed by atoms with Crippen molar-refractivity contribution in [3.63, 3.8) is 0 Å². The summed E-state index contributed by atoms with van der Waals surface area (Å²) in [5, 5.41) is 0.